The zero-order valence-corrected chi connectivity index (χ0v) is 36.5. The van der Waals surface area contributed by atoms with Gasteiger partial charge in [-0.05, 0) is 43.7 Å². The third kappa shape index (κ3) is 10.5. The number of hydrogen-bond acceptors (Lipinski definition) is 8. The molecule has 0 heterocycles. The summed E-state index contributed by atoms with van der Waals surface area (Å²) < 4.78 is 156. The SMILES string of the molecule is CC(C)(C)[Si](OC[C@H](CC[C@@H](CO[Si](c1ccccc1)(c1ccccc1)C(C)(C)C)OS(=O)(=O)C(F)(F)F)OS(=O)(=O)C(F)(F)F)(c1ccccc1)c1ccccc1. The Morgan fingerprint density at radius 2 is 0.672 bits per heavy atom. The highest BCUT2D eigenvalue weighted by molar-refractivity contribution is 7.87. The molecular formula is C40H48F6O8S2Si2. The lowest BCUT2D eigenvalue weighted by atomic mass is 10.1. The highest BCUT2D eigenvalue weighted by Crippen LogP contribution is 2.39. The molecule has 0 aliphatic rings. The molecule has 4 aromatic rings. The molecular weight excluding hydrogens is 843 g/mol. The molecule has 0 spiro atoms. The fourth-order valence-electron chi connectivity index (χ4n) is 7.12. The Morgan fingerprint density at radius 3 is 0.862 bits per heavy atom. The van der Waals surface area contributed by atoms with Crippen molar-refractivity contribution in [1.29, 1.82) is 0 Å². The molecule has 0 bridgehead atoms. The standard InChI is InChI=1S/C40H48F6O8S2Si2/c1-37(2,3)57(33-19-11-7-12-20-33,34-21-13-8-14-22-34)51-29-31(53-55(47,48)39(41,42)43)27-28-32(54-56(49,50)40(44,45)46)30-52-58(38(4,5)6,35-23-15-9-16-24-35)36-25-17-10-18-26-36/h7-26,31-32H,27-30H2,1-6H3/t31-,32-/m0/s1. The van der Waals surface area contributed by atoms with Gasteiger partial charge in [-0.2, -0.15) is 43.2 Å². The first-order valence-electron chi connectivity index (χ1n) is 18.3. The Hall–Kier alpha value is -3.37. The lowest BCUT2D eigenvalue weighted by molar-refractivity contribution is -0.0624. The van der Waals surface area contributed by atoms with Crippen molar-refractivity contribution in [3.63, 3.8) is 0 Å². The van der Waals surface area contributed by atoms with Gasteiger partial charge >= 0.3 is 31.3 Å². The maximum Gasteiger partial charge on any atom is 0.523 e. The van der Waals surface area contributed by atoms with E-state index in [0.29, 0.717) is 20.7 Å². The molecule has 0 saturated carbocycles. The second-order valence-corrected chi connectivity index (χ2v) is 27.5. The van der Waals surface area contributed by atoms with Gasteiger partial charge < -0.3 is 8.85 Å². The minimum absolute atomic E-state index is 0.697. The lowest BCUT2D eigenvalue weighted by Crippen LogP contribution is -2.67. The Morgan fingerprint density at radius 1 is 0.448 bits per heavy atom. The summed E-state index contributed by atoms with van der Waals surface area (Å²) in [5.41, 5.74) is -11.7. The Labute approximate surface area is 339 Å². The second-order valence-electron chi connectivity index (χ2n) is 15.8. The van der Waals surface area contributed by atoms with Crippen LogP contribution in [-0.4, -0.2) is 69.9 Å². The van der Waals surface area contributed by atoms with Gasteiger partial charge in [0.2, 0.25) is 0 Å². The number of benzene rings is 4. The topological polar surface area (TPSA) is 105 Å². The van der Waals surface area contributed by atoms with E-state index in [1.165, 1.54) is 0 Å². The number of hydrogen-bond donors (Lipinski definition) is 0. The smallest absolute Gasteiger partial charge is 0.405 e. The Balaban J connectivity index is 1.80. The van der Waals surface area contributed by atoms with Crippen molar-refractivity contribution in [1.82, 2.24) is 0 Å². The van der Waals surface area contributed by atoms with Gasteiger partial charge in [-0.1, -0.05) is 163 Å². The minimum atomic E-state index is -6.29. The minimum Gasteiger partial charge on any atom is -0.405 e. The fourth-order valence-corrected chi connectivity index (χ4v) is 17.5. The van der Waals surface area contributed by atoms with Crippen molar-refractivity contribution in [3.05, 3.63) is 121 Å². The molecule has 4 aromatic carbocycles. The second kappa shape index (κ2) is 18.1. The summed E-state index contributed by atoms with van der Waals surface area (Å²) in [7, 11) is -19.7. The molecule has 0 aromatic heterocycles. The van der Waals surface area contributed by atoms with E-state index in [0.717, 1.165) is 0 Å². The van der Waals surface area contributed by atoms with Gasteiger partial charge in [-0.15, -0.1) is 0 Å². The predicted molar refractivity (Wildman–Crippen MR) is 216 cm³/mol. The lowest BCUT2D eigenvalue weighted by Gasteiger charge is -2.44. The molecule has 0 fully saturated rings. The first-order chi connectivity index (χ1) is 26.8. The van der Waals surface area contributed by atoms with Gasteiger partial charge in [0.25, 0.3) is 16.6 Å². The van der Waals surface area contributed by atoms with Crippen LogP contribution < -0.4 is 20.7 Å². The summed E-state index contributed by atoms with van der Waals surface area (Å²) in [5.74, 6) is 0. The molecule has 0 radical (unpaired) electrons. The molecule has 18 heteroatoms. The highest BCUT2D eigenvalue weighted by Gasteiger charge is 2.54. The summed E-state index contributed by atoms with van der Waals surface area (Å²) in [6.07, 6.45) is -5.45. The van der Waals surface area contributed by atoms with Crippen LogP contribution in [0.2, 0.25) is 10.1 Å². The van der Waals surface area contributed by atoms with E-state index in [4.69, 9.17) is 17.2 Å². The van der Waals surface area contributed by atoms with Crippen molar-refractivity contribution in [3.8, 4) is 0 Å². The van der Waals surface area contributed by atoms with E-state index in [-0.39, 0.29) is 0 Å². The summed E-state index contributed by atoms with van der Waals surface area (Å²) in [5, 5.41) is 1.34. The Bertz CT molecular complexity index is 1900. The van der Waals surface area contributed by atoms with Crippen LogP contribution in [0.5, 0.6) is 0 Å². The largest absolute Gasteiger partial charge is 0.523 e. The van der Waals surface area contributed by atoms with Crippen molar-refractivity contribution in [2.45, 2.75) is 87.7 Å². The molecule has 318 valence electrons. The molecule has 4 rings (SSSR count). The zero-order valence-electron chi connectivity index (χ0n) is 32.9. The van der Waals surface area contributed by atoms with Gasteiger partial charge in [0.15, 0.2) is 0 Å². The van der Waals surface area contributed by atoms with Crippen LogP contribution in [0.15, 0.2) is 121 Å². The van der Waals surface area contributed by atoms with Crippen molar-refractivity contribution in [2.75, 3.05) is 13.2 Å². The van der Waals surface area contributed by atoms with Gasteiger partial charge in [-0.3, -0.25) is 8.37 Å². The van der Waals surface area contributed by atoms with Crippen LogP contribution in [0, 0.1) is 0 Å². The van der Waals surface area contributed by atoms with Crippen molar-refractivity contribution in [2.24, 2.45) is 0 Å². The maximum absolute atomic E-state index is 13.8. The number of halogens is 6. The van der Waals surface area contributed by atoms with Crippen LogP contribution in [0.4, 0.5) is 26.3 Å². The van der Waals surface area contributed by atoms with E-state index >= 15 is 0 Å². The highest BCUT2D eigenvalue weighted by atomic mass is 32.2. The van der Waals surface area contributed by atoms with Gasteiger partial charge in [0, 0.05) is 0 Å². The molecule has 8 nitrogen and oxygen atoms in total. The van der Waals surface area contributed by atoms with E-state index in [1.54, 1.807) is 121 Å². The Kier molecular flexibility index (Phi) is 14.8. The predicted octanol–water partition coefficient (Wildman–Crippen LogP) is 7.39. The molecule has 2 atom stereocenters. The summed E-state index contributed by atoms with van der Waals surface area (Å²) in [4.78, 5) is 0. The zero-order chi connectivity index (χ0) is 43.3. The third-order valence-corrected chi connectivity index (χ3v) is 21.9. The van der Waals surface area contributed by atoms with Crippen LogP contribution in [-0.2, 0) is 37.5 Å². The fraction of sp³-hybridized carbons (Fsp3) is 0.400. The summed E-state index contributed by atoms with van der Waals surface area (Å²) in [6.45, 7) is 9.66. The molecule has 0 amide bonds. The number of alkyl halides is 6. The van der Waals surface area contributed by atoms with E-state index < -0.39 is 96.2 Å². The quantitative estimate of drug-likeness (QED) is 0.0468. The average molecular weight is 891 g/mol. The summed E-state index contributed by atoms with van der Waals surface area (Å²) >= 11 is 0. The maximum atomic E-state index is 13.8. The van der Waals surface area contributed by atoms with Crippen LogP contribution >= 0.6 is 0 Å². The monoisotopic (exact) mass is 890 g/mol. The molecule has 0 aliphatic carbocycles. The van der Waals surface area contributed by atoms with Crippen molar-refractivity contribution < 1.29 is 60.4 Å². The molecule has 0 unspecified atom stereocenters. The van der Waals surface area contributed by atoms with E-state index in [2.05, 4.69) is 0 Å². The average Bonchev–Trinajstić information content (AvgIpc) is 3.13. The van der Waals surface area contributed by atoms with E-state index in [1.807, 2.05) is 41.5 Å². The summed E-state index contributed by atoms with van der Waals surface area (Å²) in [6, 6.07) is 35.5. The molecule has 58 heavy (non-hydrogen) atoms. The molecule has 0 aliphatic heterocycles. The van der Waals surface area contributed by atoms with Crippen LogP contribution in [0.1, 0.15) is 54.4 Å². The van der Waals surface area contributed by atoms with Crippen LogP contribution in [0.25, 0.3) is 0 Å². The van der Waals surface area contributed by atoms with Crippen molar-refractivity contribution >= 4 is 57.6 Å². The van der Waals surface area contributed by atoms with Gasteiger partial charge in [0.05, 0.1) is 25.4 Å². The molecule has 0 saturated heterocycles. The third-order valence-electron chi connectivity index (χ3n) is 9.71. The van der Waals surface area contributed by atoms with Crippen LogP contribution in [0.3, 0.4) is 0 Å². The van der Waals surface area contributed by atoms with E-state index in [9.17, 15) is 43.2 Å². The van der Waals surface area contributed by atoms with Gasteiger partial charge in [0.1, 0.15) is 0 Å². The normalized spacial score (nSPS) is 14.9. The molecule has 0 N–H and O–H groups in total. The first kappa shape index (κ1) is 47.3. The first-order valence-corrected chi connectivity index (χ1v) is 24.9. The number of rotatable bonds is 17. The van der Waals surface area contributed by atoms with Gasteiger partial charge in [-0.25, -0.2) is 0 Å².